The lowest BCUT2D eigenvalue weighted by molar-refractivity contribution is -0.113. The van der Waals surface area contributed by atoms with Gasteiger partial charge < -0.3 is 5.32 Å². The number of nitrogens with zero attached hydrogens (tertiary/aromatic N) is 5. The van der Waals surface area contributed by atoms with Crippen molar-refractivity contribution in [3.05, 3.63) is 71.8 Å². The Morgan fingerprint density at radius 2 is 1.77 bits per heavy atom. The lowest BCUT2D eigenvalue weighted by Crippen LogP contribution is -2.25. The molecule has 0 fully saturated rings. The number of rotatable bonds is 10. The Bertz CT molecular complexity index is 1310. The van der Waals surface area contributed by atoms with E-state index in [0.717, 1.165) is 15.8 Å². The summed E-state index contributed by atoms with van der Waals surface area (Å²) in [4.78, 5) is 24.9. The third-order valence-electron chi connectivity index (χ3n) is 4.49. The molecule has 4 aromatic rings. The molecular weight excluding hydrogens is 509 g/mol. The van der Waals surface area contributed by atoms with E-state index in [1.54, 1.807) is 22.4 Å². The molecule has 0 saturated carbocycles. The van der Waals surface area contributed by atoms with Crippen molar-refractivity contribution in [1.82, 2.24) is 30.3 Å². The quantitative estimate of drug-likeness (QED) is 0.234. The van der Waals surface area contributed by atoms with Gasteiger partial charge in [0.15, 0.2) is 15.3 Å². The molecule has 9 nitrogen and oxygen atoms in total. The Morgan fingerprint density at radius 1 is 1.00 bits per heavy atom. The largest absolute Gasteiger partial charge is 0.345 e. The molecule has 0 atom stereocenters. The van der Waals surface area contributed by atoms with E-state index in [1.165, 1.54) is 41.3 Å². The number of benzene rings is 2. The van der Waals surface area contributed by atoms with Crippen LogP contribution in [0.3, 0.4) is 0 Å². The van der Waals surface area contributed by atoms with Gasteiger partial charge >= 0.3 is 0 Å². The molecule has 0 bridgehead atoms. The number of anilines is 1. The van der Waals surface area contributed by atoms with Crippen LogP contribution in [0.15, 0.2) is 64.1 Å². The van der Waals surface area contributed by atoms with E-state index in [1.807, 2.05) is 37.3 Å². The number of para-hydroxylation sites is 1. The van der Waals surface area contributed by atoms with Crippen LogP contribution in [0.2, 0.25) is 0 Å². The van der Waals surface area contributed by atoms with Gasteiger partial charge in [-0.25, -0.2) is 4.39 Å². The summed E-state index contributed by atoms with van der Waals surface area (Å²) < 4.78 is 16.5. The van der Waals surface area contributed by atoms with E-state index in [9.17, 15) is 14.0 Å². The number of thioether (sulfide) groups is 2. The molecule has 0 unspecified atom stereocenters. The van der Waals surface area contributed by atoms with Crippen LogP contribution in [0.25, 0.3) is 5.69 Å². The highest BCUT2D eigenvalue weighted by atomic mass is 32.2. The van der Waals surface area contributed by atoms with E-state index in [2.05, 4.69) is 31.0 Å². The number of aromatic nitrogens is 5. The number of carbonyl (C=O) groups is 2. The first-order valence-electron chi connectivity index (χ1n) is 10.5. The predicted molar refractivity (Wildman–Crippen MR) is 135 cm³/mol. The van der Waals surface area contributed by atoms with Crippen molar-refractivity contribution in [3.63, 3.8) is 0 Å². The fraction of sp³-hybridized carbons (Fsp3) is 0.182. The van der Waals surface area contributed by atoms with Crippen LogP contribution in [0.1, 0.15) is 23.1 Å². The van der Waals surface area contributed by atoms with Gasteiger partial charge in [-0.05, 0) is 30.0 Å². The van der Waals surface area contributed by atoms with Crippen molar-refractivity contribution in [2.45, 2.75) is 23.0 Å². The Hall–Kier alpha value is -3.29. The molecule has 0 spiro atoms. The summed E-state index contributed by atoms with van der Waals surface area (Å²) in [7, 11) is 0. The maximum Gasteiger partial charge on any atom is 0.254 e. The van der Waals surface area contributed by atoms with Crippen LogP contribution in [0.5, 0.6) is 0 Å². The summed E-state index contributed by atoms with van der Waals surface area (Å²) in [6.45, 7) is 2.04. The van der Waals surface area contributed by atoms with Gasteiger partial charge in [0.25, 0.3) is 5.91 Å². The average molecular weight is 530 g/mol. The van der Waals surface area contributed by atoms with Crippen molar-refractivity contribution >= 4 is 51.8 Å². The van der Waals surface area contributed by atoms with Crippen LogP contribution >= 0.6 is 34.9 Å². The summed E-state index contributed by atoms with van der Waals surface area (Å²) in [5.41, 5.74) is 0.711. The number of carbonyl (C=O) groups excluding carboxylic acids is 2. The Labute approximate surface area is 213 Å². The molecule has 0 aliphatic carbocycles. The van der Waals surface area contributed by atoms with Gasteiger partial charge in [0, 0.05) is 5.69 Å². The van der Waals surface area contributed by atoms with Crippen LogP contribution in [-0.2, 0) is 11.3 Å². The third kappa shape index (κ3) is 6.44. The standard InChI is InChI=1S/C22H20FN7O2S3/c1-2-33-22-29-27-20(35-22)25-18(31)13-34-21-28-26-17(30(21)14-8-4-3-5-9-14)12-24-19(32)15-10-6-7-11-16(15)23/h3-11H,2,12-13H2,1H3,(H,24,32)(H,25,27,31). The van der Waals surface area contributed by atoms with Crippen molar-refractivity contribution in [3.8, 4) is 5.69 Å². The highest BCUT2D eigenvalue weighted by Crippen LogP contribution is 2.26. The molecule has 2 heterocycles. The fourth-order valence-electron chi connectivity index (χ4n) is 2.97. The first kappa shape index (κ1) is 24.8. The second kappa shape index (κ2) is 11.9. The van der Waals surface area contributed by atoms with Gasteiger partial charge in [-0.15, -0.1) is 20.4 Å². The molecule has 0 aliphatic heterocycles. The molecule has 4 rings (SSSR count). The SMILES string of the molecule is CCSc1nnc(NC(=O)CSc2nnc(CNC(=O)c3ccccc3F)n2-c2ccccc2)s1. The molecule has 180 valence electrons. The number of amides is 2. The zero-order valence-electron chi connectivity index (χ0n) is 18.5. The maximum atomic E-state index is 13.9. The molecule has 13 heteroatoms. The summed E-state index contributed by atoms with van der Waals surface area (Å²) in [5, 5.41) is 22.7. The second-order valence-corrected chi connectivity index (χ2v) is 10.3. The molecule has 0 radical (unpaired) electrons. The number of hydrogen-bond acceptors (Lipinski definition) is 9. The molecule has 2 aromatic carbocycles. The van der Waals surface area contributed by atoms with Crippen molar-refractivity contribution < 1.29 is 14.0 Å². The van der Waals surface area contributed by atoms with E-state index in [0.29, 0.717) is 16.1 Å². The molecule has 35 heavy (non-hydrogen) atoms. The average Bonchev–Trinajstić information content (AvgIpc) is 3.48. The predicted octanol–water partition coefficient (Wildman–Crippen LogP) is 4.03. The lowest BCUT2D eigenvalue weighted by Gasteiger charge is -2.11. The zero-order valence-corrected chi connectivity index (χ0v) is 20.9. The Kier molecular flexibility index (Phi) is 8.45. The number of hydrogen-bond donors (Lipinski definition) is 2. The molecular formula is C22H20FN7O2S3. The summed E-state index contributed by atoms with van der Waals surface area (Å²) in [6.07, 6.45) is 0. The van der Waals surface area contributed by atoms with Gasteiger partial charge in [0.1, 0.15) is 5.82 Å². The highest BCUT2D eigenvalue weighted by molar-refractivity contribution is 8.01. The summed E-state index contributed by atoms with van der Waals surface area (Å²) in [5.74, 6) is -0.0334. The summed E-state index contributed by atoms with van der Waals surface area (Å²) >= 11 is 4.07. The molecule has 0 aliphatic rings. The monoisotopic (exact) mass is 529 g/mol. The van der Waals surface area contributed by atoms with E-state index >= 15 is 0 Å². The van der Waals surface area contributed by atoms with Gasteiger partial charge in [-0.3, -0.25) is 19.5 Å². The van der Waals surface area contributed by atoms with Gasteiger partial charge in [0.05, 0.1) is 17.9 Å². The first-order valence-corrected chi connectivity index (χ1v) is 13.2. The third-order valence-corrected chi connectivity index (χ3v) is 7.28. The minimum atomic E-state index is -0.604. The van der Waals surface area contributed by atoms with E-state index < -0.39 is 11.7 Å². The normalized spacial score (nSPS) is 10.8. The fourth-order valence-corrected chi connectivity index (χ4v) is 5.41. The lowest BCUT2D eigenvalue weighted by atomic mass is 10.2. The number of halogens is 1. The van der Waals surface area contributed by atoms with Crippen LogP contribution in [0, 0.1) is 5.82 Å². The van der Waals surface area contributed by atoms with Crippen molar-refractivity contribution in [1.29, 1.82) is 0 Å². The van der Waals surface area contributed by atoms with Crippen LogP contribution in [0.4, 0.5) is 9.52 Å². The second-order valence-electron chi connectivity index (χ2n) is 6.88. The van der Waals surface area contributed by atoms with Crippen molar-refractivity contribution in [2.75, 3.05) is 16.8 Å². The van der Waals surface area contributed by atoms with E-state index in [4.69, 9.17) is 0 Å². The smallest absolute Gasteiger partial charge is 0.254 e. The molecule has 2 amide bonds. The molecule has 2 N–H and O–H groups in total. The van der Waals surface area contributed by atoms with Crippen LogP contribution < -0.4 is 10.6 Å². The molecule has 0 saturated heterocycles. The van der Waals surface area contributed by atoms with Crippen LogP contribution in [-0.4, -0.2) is 48.3 Å². The topological polar surface area (TPSA) is 115 Å². The highest BCUT2D eigenvalue weighted by Gasteiger charge is 2.18. The minimum absolute atomic E-state index is 0.0183. The van der Waals surface area contributed by atoms with Gasteiger partial charge in [-0.2, -0.15) is 0 Å². The summed E-state index contributed by atoms with van der Waals surface area (Å²) in [6, 6.07) is 15.1. The van der Waals surface area contributed by atoms with E-state index in [-0.39, 0.29) is 23.8 Å². The zero-order chi connectivity index (χ0) is 24.6. The molecule has 2 aromatic heterocycles. The minimum Gasteiger partial charge on any atom is -0.345 e. The number of nitrogens with one attached hydrogen (secondary N) is 2. The maximum absolute atomic E-state index is 13.9. The van der Waals surface area contributed by atoms with Crippen molar-refractivity contribution in [2.24, 2.45) is 0 Å². The Balaban J connectivity index is 1.46. The first-order chi connectivity index (χ1) is 17.0. The van der Waals surface area contributed by atoms with Gasteiger partial charge in [0.2, 0.25) is 11.0 Å². The van der Waals surface area contributed by atoms with Gasteiger partial charge in [-0.1, -0.05) is 72.1 Å². The Morgan fingerprint density at radius 3 is 2.54 bits per heavy atom.